The zero-order valence-electron chi connectivity index (χ0n) is 11.9. The average Bonchev–Trinajstić information content (AvgIpc) is 2.32. The molecule has 1 N–H and O–H groups in total. The number of halogens is 1. The molecule has 102 valence electrons. The van der Waals surface area contributed by atoms with Gasteiger partial charge in [0.15, 0.2) is 0 Å². The van der Waals surface area contributed by atoms with E-state index in [4.69, 9.17) is 16.3 Å². The molecule has 1 aromatic rings. The van der Waals surface area contributed by atoms with Gasteiger partial charge in [-0.2, -0.15) is 0 Å². The lowest BCUT2D eigenvalue weighted by Crippen LogP contribution is -2.10. The van der Waals surface area contributed by atoms with Crippen molar-refractivity contribution in [2.45, 2.75) is 47.1 Å². The van der Waals surface area contributed by atoms with E-state index in [0.717, 1.165) is 27.5 Å². The second-order valence-corrected chi connectivity index (χ2v) is 5.55. The summed E-state index contributed by atoms with van der Waals surface area (Å²) in [6.07, 6.45) is 0.128. The third-order valence-corrected chi connectivity index (χ3v) is 3.57. The van der Waals surface area contributed by atoms with Gasteiger partial charge in [-0.3, -0.25) is 0 Å². The van der Waals surface area contributed by atoms with Gasteiger partial charge in [0, 0.05) is 10.6 Å². The van der Waals surface area contributed by atoms with Crippen LogP contribution in [0.25, 0.3) is 0 Å². The summed E-state index contributed by atoms with van der Waals surface area (Å²) in [4.78, 5) is 0. The lowest BCUT2D eigenvalue weighted by Gasteiger charge is -2.20. The topological polar surface area (TPSA) is 29.5 Å². The normalized spacial score (nSPS) is 12.9. The van der Waals surface area contributed by atoms with Gasteiger partial charge in [-0.05, 0) is 43.4 Å². The van der Waals surface area contributed by atoms with Crippen molar-refractivity contribution >= 4 is 11.6 Å². The van der Waals surface area contributed by atoms with Crippen molar-refractivity contribution in [2.75, 3.05) is 6.61 Å². The standard InChI is InChI=1S/C15H23ClO2/c1-6-12(17)14-11(5)15(16)10(4)7-13(14)18-8-9(2)3/h7,9,12,17H,6,8H2,1-5H3. The van der Waals surface area contributed by atoms with Crippen LogP contribution in [0, 0.1) is 19.8 Å². The summed E-state index contributed by atoms with van der Waals surface area (Å²) in [6, 6.07) is 1.92. The number of hydrogen-bond donors (Lipinski definition) is 1. The second-order valence-electron chi connectivity index (χ2n) is 5.17. The van der Waals surface area contributed by atoms with Crippen molar-refractivity contribution in [3.8, 4) is 5.75 Å². The van der Waals surface area contributed by atoms with E-state index in [1.807, 2.05) is 26.8 Å². The van der Waals surface area contributed by atoms with Crippen molar-refractivity contribution in [1.82, 2.24) is 0 Å². The van der Waals surface area contributed by atoms with Gasteiger partial charge in [-0.25, -0.2) is 0 Å². The molecule has 1 atom stereocenters. The van der Waals surface area contributed by atoms with Crippen LogP contribution in [-0.4, -0.2) is 11.7 Å². The number of aryl methyl sites for hydroxylation is 1. The number of benzene rings is 1. The highest BCUT2D eigenvalue weighted by molar-refractivity contribution is 6.32. The molecule has 0 aliphatic carbocycles. The maximum atomic E-state index is 10.1. The minimum absolute atomic E-state index is 0.452. The fourth-order valence-electron chi connectivity index (χ4n) is 1.93. The lowest BCUT2D eigenvalue weighted by atomic mass is 9.98. The van der Waals surface area contributed by atoms with E-state index >= 15 is 0 Å². The molecular formula is C15H23ClO2. The third-order valence-electron chi connectivity index (χ3n) is 2.98. The monoisotopic (exact) mass is 270 g/mol. The molecule has 2 nitrogen and oxygen atoms in total. The summed E-state index contributed by atoms with van der Waals surface area (Å²) in [5.41, 5.74) is 2.73. The molecule has 1 unspecified atom stereocenters. The lowest BCUT2D eigenvalue weighted by molar-refractivity contribution is 0.164. The summed E-state index contributed by atoms with van der Waals surface area (Å²) >= 11 is 6.25. The van der Waals surface area contributed by atoms with Gasteiger partial charge in [0.1, 0.15) is 5.75 Å². The van der Waals surface area contributed by atoms with E-state index in [9.17, 15) is 5.11 Å². The van der Waals surface area contributed by atoms with Crippen molar-refractivity contribution < 1.29 is 9.84 Å². The molecule has 18 heavy (non-hydrogen) atoms. The summed E-state index contributed by atoms with van der Waals surface area (Å²) in [5.74, 6) is 1.21. The van der Waals surface area contributed by atoms with Gasteiger partial charge >= 0.3 is 0 Å². The Hall–Kier alpha value is -0.730. The van der Waals surface area contributed by atoms with Gasteiger partial charge < -0.3 is 9.84 Å². The minimum atomic E-state index is -0.523. The Labute approximate surface area is 115 Å². The first-order valence-electron chi connectivity index (χ1n) is 6.48. The number of hydrogen-bond acceptors (Lipinski definition) is 2. The van der Waals surface area contributed by atoms with Crippen LogP contribution in [0.4, 0.5) is 0 Å². The Kier molecular flexibility index (Phi) is 5.48. The summed E-state index contributed by atoms with van der Waals surface area (Å²) < 4.78 is 5.82. The quantitative estimate of drug-likeness (QED) is 0.857. The fourth-order valence-corrected chi connectivity index (χ4v) is 2.09. The Morgan fingerprint density at radius 2 is 1.94 bits per heavy atom. The predicted molar refractivity (Wildman–Crippen MR) is 76.5 cm³/mol. The van der Waals surface area contributed by atoms with Crippen molar-refractivity contribution in [3.05, 3.63) is 27.8 Å². The van der Waals surface area contributed by atoms with Gasteiger partial charge in [0.25, 0.3) is 0 Å². The molecule has 0 saturated carbocycles. The minimum Gasteiger partial charge on any atom is -0.493 e. The van der Waals surface area contributed by atoms with Crippen molar-refractivity contribution in [3.63, 3.8) is 0 Å². The average molecular weight is 271 g/mol. The number of rotatable bonds is 5. The van der Waals surface area contributed by atoms with Crippen LogP contribution in [-0.2, 0) is 0 Å². The van der Waals surface area contributed by atoms with E-state index in [1.54, 1.807) is 0 Å². The summed E-state index contributed by atoms with van der Waals surface area (Å²) in [7, 11) is 0. The molecular weight excluding hydrogens is 248 g/mol. The predicted octanol–water partition coefficient (Wildman–Crippen LogP) is 4.44. The molecule has 0 aromatic heterocycles. The Balaban J connectivity index is 3.21. The summed E-state index contributed by atoms with van der Waals surface area (Å²) in [6.45, 7) is 10.7. The maximum Gasteiger partial charge on any atom is 0.125 e. The number of ether oxygens (including phenoxy) is 1. The zero-order valence-corrected chi connectivity index (χ0v) is 12.6. The van der Waals surface area contributed by atoms with Crippen molar-refractivity contribution in [1.29, 1.82) is 0 Å². The van der Waals surface area contributed by atoms with Gasteiger partial charge in [-0.1, -0.05) is 32.4 Å². The van der Waals surface area contributed by atoms with Crippen LogP contribution in [0.5, 0.6) is 5.75 Å². The van der Waals surface area contributed by atoms with E-state index in [1.165, 1.54) is 0 Å². The van der Waals surface area contributed by atoms with Gasteiger partial charge in [-0.15, -0.1) is 0 Å². The fraction of sp³-hybridized carbons (Fsp3) is 0.600. The van der Waals surface area contributed by atoms with Crippen LogP contribution in [0.3, 0.4) is 0 Å². The first-order valence-corrected chi connectivity index (χ1v) is 6.86. The molecule has 1 rings (SSSR count). The molecule has 0 aliphatic heterocycles. The molecule has 0 saturated heterocycles. The van der Waals surface area contributed by atoms with Gasteiger partial charge in [0.05, 0.1) is 12.7 Å². The Morgan fingerprint density at radius 1 is 1.33 bits per heavy atom. The first-order chi connectivity index (χ1) is 8.38. The largest absolute Gasteiger partial charge is 0.493 e. The van der Waals surface area contributed by atoms with Gasteiger partial charge in [0.2, 0.25) is 0 Å². The second kappa shape index (κ2) is 6.44. The van der Waals surface area contributed by atoms with Crippen LogP contribution in [0.2, 0.25) is 5.02 Å². The maximum absolute atomic E-state index is 10.1. The van der Waals surface area contributed by atoms with E-state index in [0.29, 0.717) is 18.9 Å². The molecule has 0 aliphatic rings. The molecule has 0 fully saturated rings. The first kappa shape index (κ1) is 15.3. The Bertz CT molecular complexity index is 413. The highest BCUT2D eigenvalue weighted by Gasteiger charge is 2.19. The molecule has 0 spiro atoms. The number of aliphatic hydroxyl groups excluding tert-OH is 1. The molecule has 3 heteroatoms. The smallest absolute Gasteiger partial charge is 0.125 e. The van der Waals surface area contributed by atoms with Crippen LogP contribution in [0.15, 0.2) is 6.07 Å². The third kappa shape index (κ3) is 3.39. The van der Waals surface area contributed by atoms with E-state index in [2.05, 4.69) is 13.8 Å². The van der Waals surface area contributed by atoms with Crippen molar-refractivity contribution in [2.24, 2.45) is 5.92 Å². The molecule has 0 radical (unpaired) electrons. The highest BCUT2D eigenvalue weighted by Crippen LogP contribution is 2.36. The molecule has 0 amide bonds. The van der Waals surface area contributed by atoms with Crippen LogP contribution >= 0.6 is 11.6 Å². The van der Waals surface area contributed by atoms with Crippen LogP contribution < -0.4 is 4.74 Å². The SMILES string of the molecule is CCC(O)c1c(OCC(C)C)cc(C)c(Cl)c1C. The summed E-state index contributed by atoms with van der Waals surface area (Å²) in [5, 5.41) is 10.8. The Morgan fingerprint density at radius 3 is 2.44 bits per heavy atom. The van der Waals surface area contributed by atoms with E-state index in [-0.39, 0.29) is 0 Å². The van der Waals surface area contributed by atoms with E-state index < -0.39 is 6.10 Å². The zero-order chi connectivity index (χ0) is 13.9. The molecule has 1 aromatic carbocycles. The molecule has 0 heterocycles. The highest BCUT2D eigenvalue weighted by atomic mass is 35.5. The number of aliphatic hydroxyl groups is 1. The van der Waals surface area contributed by atoms with Crippen LogP contribution in [0.1, 0.15) is 50.0 Å². The molecule has 0 bridgehead atoms.